The molecule has 0 saturated carbocycles. The van der Waals surface area contributed by atoms with Crippen molar-refractivity contribution in [3.05, 3.63) is 34.9 Å². The van der Waals surface area contributed by atoms with Crippen LogP contribution in [0.3, 0.4) is 0 Å². The summed E-state index contributed by atoms with van der Waals surface area (Å²) < 4.78 is 0. The van der Waals surface area contributed by atoms with Crippen LogP contribution in [0.2, 0.25) is 5.02 Å². The molecule has 16 heavy (non-hydrogen) atoms. The summed E-state index contributed by atoms with van der Waals surface area (Å²) in [6.07, 6.45) is 1.20. The fourth-order valence-corrected chi connectivity index (χ4v) is 2.73. The van der Waals surface area contributed by atoms with Crippen LogP contribution in [0.1, 0.15) is 17.9 Å². The summed E-state index contributed by atoms with van der Waals surface area (Å²) in [4.78, 5) is 2.39. The number of halogens is 1. The van der Waals surface area contributed by atoms with E-state index >= 15 is 0 Å². The summed E-state index contributed by atoms with van der Waals surface area (Å²) in [5.74, 6) is 0.592. The maximum atomic E-state index is 6.04. The maximum absolute atomic E-state index is 6.04. The minimum atomic E-state index is 0.586. The summed E-state index contributed by atoms with van der Waals surface area (Å²) in [6.45, 7) is 2.26. The van der Waals surface area contributed by atoms with Crippen molar-refractivity contribution in [3.8, 4) is 0 Å². The Balaban J connectivity index is 2.14. The zero-order valence-electron chi connectivity index (χ0n) is 9.91. The Labute approximate surface area is 103 Å². The quantitative estimate of drug-likeness (QED) is 0.851. The number of hydrogen-bond donors (Lipinski definition) is 1. The Kier molecular flexibility index (Phi) is 3.85. The lowest BCUT2D eigenvalue weighted by molar-refractivity contribution is 0.210. The Morgan fingerprint density at radius 1 is 1.38 bits per heavy atom. The predicted molar refractivity (Wildman–Crippen MR) is 69.2 cm³/mol. The Morgan fingerprint density at radius 2 is 2.19 bits per heavy atom. The molecule has 0 aliphatic carbocycles. The number of hydrogen-bond acceptors (Lipinski definition) is 2. The third kappa shape index (κ3) is 2.76. The number of nitrogens with zero attached hydrogens (tertiary/aromatic N) is 1. The van der Waals surface area contributed by atoms with Gasteiger partial charge in [0.05, 0.1) is 0 Å². The van der Waals surface area contributed by atoms with Gasteiger partial charge in [-0.2, -0.15) is 0 Å². The first-order chi connectivity index (χ1) is 7.69. The van der Waals surface area contributed by atoms with Crippen molar-refractivity contribution in [2.24, 2.45) is 0 Å². The van der Waals surface area contributed by atoms with Gasteiger partial charge in [-0.3, -0.25) is 0 Å². The lowest BCUT2D eigenvalue weighted by atomic mass is 9.88. The largest absolute Gasteiger partial charge is 0.316 e. The van der Waals surface area contributed by atoms with Crippen LogP contribution in [0.15, 0.2) is 24.3 Å². The number of likely N-dealkylation sites (tertiary alicyclic amines) is 1. The molecule has 1 N–H and O–H groups in total. The van der Waals surface area contributed by atoms with E-state index < -0.39 is 0 Å². The van der Waals surface area contributed by atoms with Crippen LogP contribution >= 0.6 is 11.6 Å². The van der Waals surface area contributed by atoms with Crippen molar-refractivity contribution in [2.45, 2.75) is 18.4 Å². The summed E-state index contributed by atoms with van der Waals surface area (Å²) in [6, 6.07) is 8.84. The molecule has 0 spiro atoms. The first-order valence-electron chi connectivity index (χ1n) is 5.80. The molecule has 88 valence electrons. The molecule has 0 radical (unpaired) electrons. The minimum Gasteiger partial charge on any atom is -0.316 e. The normalized spacial score (nSPS) is 26.9. The third-order valence-corrected chi connectivity index (χ3v) is 3.60. The second-order valence-corrected chi connectivity index (χ2v) is 5.13. The van der Waals surface area contributed by atoms with Crippen LogP contribution < -0.4 is 5.32 Å². The highest BCUT2D eigenvalue weighted by Crippen LogP contribution is 2.27. The van der Waals surface area contributed by atoms with Gasteiger partial charge in [0.1, 0.15) is 0 Å². The Morgan fingerprint density at radius 3 is 2.88 bits per heavy atom. The molecule has 1 aromatic carbocycles. The maximum Gasteiger partial charge on any atom is 0.0408 e. The predicted octanol–water partition coefficient (Wildman–Crippen LogP) is 2.35. The van der Waals surface area contributed by atoms with Gasteiger partial charge in [0.25, 0.3) is 0 Å². The van der Waals surface area contributed by atoms with E-state index in [9.17, 15) is 0 Å². The van der Waals surface area contributed by atoms with Gasteiger partial charge >= 0.3 is 0 Å². The van der Waals surface area contributed by atoms with Crippen LogP contribution in [0, 0.1) is 0 Å². The monoisotopic (exact) mass is 238 g/mol. The average molecular weight is 239 g/mol. The minimum absolute atomic E-state index is 0.586. The highest BCUT2D eigenvalue weighted by molar-refractivity contribution is 6.30. The van der Waals surface area contributed by atoms with E-state index in [4.69, 9.17) is 11.6 Å². The number of benzene rings is 1. The van der Waals surface area contributed by atoms with Gasteiger partial charge in [-0.25, -0.2) is 0 Å². The molecule has 2 nitrogen and oxygen atoms in total. The summed E-state index contributed by atoms with van der Waals surface area (Å²) in [5.41, 5.74) is 1.36. The van der Waals surface area contributed by atoms with E-state index in [1.807, 2.05) is 19.2 Å². The van der Waals surface area contributed by atoms with Crippen molar-refractivity contribution < 1.29 is 0 Å². The third-order valence-electron chi connectivity index (χ3n) is 3.36. The molecule has 1 heterocycles. The zero-order valence-corrected chi connectivity index (χ0v) is 10.7. The topological polar surface area (TPSA) is 15.3 Å². The summed E-state index contributed by atoms with van der Waals surface area (Å²) in [5, 5.41) is 4.21. The lowest BCUT2D eigenvalue weighted by Gasteiger charge is -2.35. The first kappa shape index (κ1) is 11.9. The van der Waals surface area contributed by atoms with E-state index in [1.54, 1.807) is 0 Å². The standard InChI is InChI=1S/C13H19ClN2/c1-15-13-7-11(8-16(2)9-13)10-4-3-5-12(14)6-10/h3-6,11,13,15H,7-9H2,1-2H3. The molecule has 0 amide bonds. The van der Waals surface area contributed by atoms with Crippen LogP contribution in [0.25, 0.3) is 0 Å². The van der Waals surface area contributed by atoms with Gasteiger partial charge in [-0.15, -0.1) is 0 Å². The van der Waals surface area contributed by atoms with Crippen molar-refractivity contribution >= 4 is 11.6 Å². The second-order valence-electron chi connectivity index (χ2n) is 4.69. The first-order valence-corrected chi connectivity index (χ1v) is 6.18. The van der Waals surface area contributed by atoms with Gasteiger partial charge in [-0.1, -0.05) is 23.7 Å². The molecule has 1 fully saturated rings. The van der Waals surface area contributed by atoms with Gasteiger partial charge < -0.3 is 10.2 Å². The summed E-state index contributed by atoms with van der Waals surface area (Å²) >= 11 is 6.04. The molecular formula is C13H19ClN2. The van der Waals surface area contributed by atoms with E-state index in [2.05, 4.69) is 29.4 Å². The van der Waals surface area contributed by atoms with Crippen LogP contribution in [0.4, 0.5) is 0 Å². The molecule has 0 aromatic heterocycles. The van der Waals surface area contributed by atoms with Gasteiger partial charge in [0.2, 0.25) is 0 Å². The fourth-order valence-electron chi connectivity index (χ4n) is 2.53. The number of likely N-dealkylation sites (N-methyl/N-ethyl adjacent to an activating group) is 2. The van der Waals surface area contributed by atoms with Crippen LogP contribution in [-0.4, -0.2) is 38.1 Å². The van der Waals surface area contributed by atoms with E-state index in [1.165, 1.54) is 12.0 Å². The molecule has 2 rings (SSSR count). The number of rotatable bonds is 2. The average Bonchev–Trinajstić information content (AvgIpc) is 2.28. The molecule has 1 aromatic rings. The molecule has 2 unspecified atom stereocenters. The fraction of sp³-hybridized carbons (Fsp3) is 0.538. The molecule has 1 saturated heterocycles. The Hall–Kier alpha value is -0.570. The van der Waals surface area contributed by atoms with Crippen molar-refractivity contribution in [2.75, 3.05) is 27.2 Å². The Bertz CT molecular complexity index is 354. The van der Waals surface area contributed by atoms with Gasteiger partial charge in [0, 0.05) is 24.2 Å². The molecule has 1 aliphatic rings. The highest BCUT2D eigenvalue weighted by atomic mass is 35.5. The van der Waals surface area contributed by atoms with Gasteiger partial charge in [-0.05, 0) is 44.1 Å². The molecule has 2 atom stereocenters. The zero-order chi connectivity index (χ0) is 11.5. The number of piperidine rings is 1. The van der Waals surface area contributed by atoms with Crippen molar-refractivity contribution in [1.82, 2.24) is 10.2 Å². The van der Waals surface area contributed by atoms with E-state index in [0.29, 0.717) is 12.0 Å². The SMILES string of the molecule is CNC1CC(c2cccc(Cl)c2)CN(C)C1. The molecule has 3 heteroatoms. The van der Waals surface area contributed by atoms with Crippen LogP contribution in [-0.2, 0) is 0 Å². The van der Waals surface area contributed by atoms with Crippen molar-refractivity contribution in [3.63, 3.8) is 0 Å². The molecular weight excluding hydrogens is 220 g/mol. The van der Waals surface area contributed by atoms with E-state index in [-0.39, 0.29) is 0 Å². The van der Waals surface area contributed by atoms with Gasteiger partial charge in [0.15, 0.2) is 0 Å². The van der Waals surface area contributed by atoms with E-state index in [0.717, 1.165) is 18.1 Å². The second kappa shape index (κ2) is 5.17. The lowest BCUT2D eigenvalue weighted by Crippen LogP contribution is -2.45. The molecule has 0 bridgehead atoms. The smallest absolute Gasteiger partial charge is 0.0408 e. The highest BCUT2D eigenvalue weighted by Gasteiger charge is 2.25. The van der Waals surface area contributed by atoms with Crippen LogP contribution in [0.5, 0.6) is 0 Å². The molecule has 1 aliphatic heterocycles. The number of nitrogens with one attached hydrogen (secondary N) is 1. The summed E-state index contributed by atoms with van der Waals surface area (Å²) in [7, 11) is 4.22. The van der Waals surface area contributed by atoms with Crippen molar-refractivity contribution in [1.29, 1.82) is 0 Å².